The van der Waals surface area contributed by atoms with Crippen molar-refractivity contribution in [3.63, 3.8) is 0 Å². The van der Waals surface area contributed by atoms with Gasteiger partial charge in [0.05, 0.1) is 10.0 Å². The smallest absolute Gasteiger partial charge is 0.322 e. The molecule has 6 nitrogen and oxygen atoms in total. The van der Waals surface area contributed by atoms with Gasteiger partial charge in [-0.3, -0.25) is 9.69 Å². The lowest BCUT2D eigenvalue weighted by atomic mass is 9.99. The van der Waals surface area contributed by atoms with Gasteiger partial charge in [-0.15, -0.1) is 0 Å². The largest absolute Gasteiger partial charge is 0.337 e. The van der Waals surface area contributed by atoms with Crippen molar-refractivity contribution in [1.82, 2.24) is 14.7 Å². The van der Waals surface area contributed by atoms with E-state index in [1.807, 2.05) is 28.0 Å². The summed E-state index contributed by atoms with van der Waals surface area (Å²) in [5.41, 5.74) is 2.67. The number of likely N-dealkylation sites (tertiary alicyclic amines) is 2. The van der Waals surface area contributed by atoms with E-state index in [2.05, 4.69) is 16.3 Å². The third kappa shape index (κ3) is 4.19. The first-order valence-electron chi connectivity index (χ1n) is 11.1. The molecular weight excluding hydrogens is 447 g/mol. The molecular formula is C24H26Cl2N4O2. The Labute approximate surface area is 198 Å². The predicted molar refractivity (Wildman–Crippen MR) is 126 cm³/mol. The summed E-state index contributed by atoms with van der Waals surface area (Å²) in [5.74, 6) is 0.00426. The zero-order chi connectivity index (χ0) is 22.2. The Morgan fingerprint density at radius 3 is 2.47 bits per heavy atom. The second-order valence-electron chi connectivity index (χ2n) is 8.80. The summed E-state index contributed by atoms with van der Waals surface area (Å²) in [6.45, 7) is 4.02. The molecule has 0 saturated carbocycles. The molecule has 168 valence electrons. The highest BCUT2D eigenvalue weighted by atomic mass is 35.5. The lowest BCUT2D eigenvalue weighted by molar-refractivity contribution is 0.0744. The summed E-state index contributed by atoms with van der Waals surface area (Å²) < 4.78 is 0. The van der Waals surface area contributed by atoms with Gasteiger partial charge in [-0.2, -0.15) is 0 Å². The molecule has 0 aromatic heterocycles. The van der Waals surface area contributed by atoms with Gasteiger partial charge in [0.15, 0.2) is 0 Å². The third-order valence-electron chi connectivity index (χ3n) is 6.93. The first-order chi connectivity index (χ1) is 15.5. The number of amides is 3. The maximum Gasteiger partial charge on any atom is 0.322 e. The van der Waals surface area contributed by atoms with Crippen LogP contribution in [0.5, 0.6) is 0 Å². The van der Waals surface area contributed by atoms with Crippen LogP contribution in [0.3, 0.4) is 0 Å². The number of hydrogen-bond donors (Lipinski definition) is 1. The van der Waals surface area contributed by atoms with E-state index in [0.29, 0.717) is 28.2 Å². The van der Waals surface area contributed by atoms with E-state index in [1.165, 1.54) is 5.56 Å². The molecule has 0 aliphatic carbocycles. The number of urea groups is 1. The topological polar surface area (TPSA) is 55.9 Å². The average Bonchev–Trinajstić information content (AvgIpc) is 3.30. The van der Waals surface area contributed by atoms with Gasteiger partial charge >= 0.3 is 6.03 Å². The Kier molecular flexibility index (Phi) is 6.01. The molecule has 3 amide bonds. The fourth-order valence-corrected chi connectivity index (χ4v) is 5.41. The van der Waals surface area contributed by atoms with E-state index in [9.17, 15) is 9.59 Å². The molecule has 32 heavy (non-hydrogen) atoms. The molecule has 2 aromatic rings. The van der Waals surface area contributed by atoms with Gasteiger partial charge in [0.1, 0.15) is 0 Å². The standard InChI is InChI=1S/C24H26Cl2N4O2/c25-20-6-5-16(13-21(20)26)23(31)29-12-9-19(15-29)28-10-7-18(8-11-28)30-14-17-3-1-2-4-22(17)27-24(30)32/h1-6,13,18-19H,7-12,14-15H2,(H,27,32)/t19-/m0/s1. The van der Waals surface area contributed by atoms with Crippen molar-refractivity contribution >= 4 is 40.8 Å². The summed E-state index contributed by atoms with van der Waals surface area (Å²) in [4.78, 5) is 31.9. The lowest BCUT2D eigenvalue weighted by Crippen LogP contribution is -2.52. The molecule has 8 heteroatoms. The minimum atomic E-state index is 0.00131. The van der Waals surface area contributed by atoms with Gasteiger partial charge in [-0.1, -0.05) is 41.4 Å². The number of anilines is 1. The first kappa shape index (κ1) is 21.6. The van der Waals surface area contributed by atoms with Crippen LogP contribution in [-0.4, -0.2) is 64.9 Å². The number of fused-ring (bicyclic) bond motifs is 1. The van der Waals surface area contributed by atoms with Crippen molar-refractivity contribution < 1.29 is 9.59 Å². The summed E-state index contributed by atoms with van der Waals surface area (Å²) in [6.07, 6.45) is 2.87. The van der Waals surface area contributed by atoms with Crippen LogP contribution in [-0.2, 0) is 6.54 Å². The minimum absolute atomic E-state index is 0.00131. The summed E-state index contributed by atoms with van der Waals surface area (Å²) in [5, 5.41) is 3.88. The quantitative estimate of drug-likeness (QED) is 0.702. The molecule has 0 spiro atoms. The van der Waals surface area contributed by atoms with Gasteiger partial charge < -0.3 is 15.1 Å². The van der Waals surface area contributed by atoms with Gasteiger partial charge in [-0.25, -0.2) is 4.79 Å². The zero-order valence-electron chi connectivity index (χ0n) is 17.8. The number of nitrogens with one attached hydrogen (secondary N) is 1. The molecule has 0 radical (unpaired) electrons. The van der Waals surface area contributed by atoms with Gasteiger partial charge in [0.25, 0.3) is 5.91 Å². The Hall–Kier alpha value is -2.28. The number of para-hydroxylation sites is 1. The average molecular weight is 473 g/mol. The highest BCUT2D eigenvalue weighted by Gasteiger charge is 2.36. The molecule has 2 saturated heterocycles. The summed E-state index contributed by atoms with van der Waals surface area (Å²) in [6, 6.07) is 13.7. The second-order valence-corrected chi connectivity index (χ2v) is 9.62. The van der Waals surface area contributed by atoms with Crippen LogP contribution in [0.1, 0.15) is 35.2 Å². The van der Waals surface area contributed by atoms with E-state index in [0.717, 1.165) is 51.1 Å². The Bertz CT molecular complexity index is 1040. The number of carbonyl (C=O) groups is 2. The number of piperidine rings is 1. The number of rotatable bonds is 3. The molecule has 0 unspecified atom stereocenters. The Balaban J connectivity index is 1.16. The SMILES string of the molecule is O=C(c1ccc(Cl)c(Cl)c1)N1CC[C@H](N2CCC(N3Cc4ccccc4NC3=O)CC2)C1. The van der Waals surface area contributed by atoms with Crippen molar-refractivity contribution in [3.8, 4) is 0 Å². The van der Waals surface area contributed by atoms with Crippen LogP contribution in [0.2, 0.25) is 10.0 Å². The van der Waals surface area contributed by atoms with Crippen molar-refractivity contribution in [2.24, 2.45) is 0 Å². The van der Waals surface area contributed by atoms with E-state index in [4.69, 9.17) is 23.2 Å². The molecule has 0 bridgehead atoms. The Morgan fingerprint density at radius 2 is 1.69 bits per heavy atom. The molecule has 3 aliphatic rings. The monoisotopic (exact) mass is 472 g/mol. The first-order valence-corrected chi connectivity index (χ1v) is 11.9. The molecule has 2 aromatic carbocycles. The van der Waals surface area contributed by atoms with Crippen LogP contribution in [0.4, 0.5) is 10.5 Å². The number of halogens is 2. The highest BCUT2D eigenvalue weighted by Crippen LogP contribution is 2.30. The van der Waals surface area contributed by atoms with Crippen molar-refractivity contribution in [2.75, 3.05) is 31.5 Å². The van der Waals surface area contributed by atoms with Crippen molar-refractivity contribution in [1.29, 1.82) is 0 Å². The molecule has 2 fully saturated rings. The van der Waals surface area contributed by atoms with E-state index >= 15 is 0 Å². The van der Waals surface area contributed by atoms with Gasteiger partial charge in [0, 0.05) is 56.1 Å². The van der Waals surface area contributed by atoms with Crippen molar-refractivity contribution in [3.05, 3.63) is 63.6 Å². The molecule has 5 rings (SSSR count). The normalized spacial score (nSPS) is 22.1. The van der Waals surface area contributed by atoms with E-state index < -0.39 is 0 Å². The maximum atomic E-state index is 12.9. The van der Waals surface area contributed by atoms with E-state index in [1.54, 1.807) is 18.2 Å². The summed E-state index contributed by atoms with van der Waals surface area (Å²) in [7, 11) is 0. The number of hydrogen-bond acceptors (Lipinski definition) is 3. The lowest BCUT2D eigenvalue weighted by Gasteiger charge is -2.42. The molecule has 3 heterocycles. The molecule has 3 aliphatic heterocycles. The highest BCUT2D eigenvalue weighted by molar-refractivity contribution is 6.42. The maximum absolute atomic E-state index is 12.9. The van der Waals surface area contributed by atoms with Crippen LogP contribution in [0.25, 0.3) is 0 Å². The van der Waals surface area contributed by atoms with E-state index in [-0.39, 0.29) is 18.0 Å². The molecule has 1 atom stereocenters. The predicted octanol–water partition coefficient (Wildman–Crippen LogP) is 4.72. The van der Waals surface area contributed by atoms with Crippen LogP contribution in [0, 0.1) is 0 Å². The number of nitrogens with zero attached hydrogens (tertiary/aromatic N) is 3. The molecule has 1 N–H and O–H groups in total. The third-order valence-corrected chi connectivity index (χ3v) is 7.67. The van der Waals surface area contributed by atoms with Gasteiger partial charge in [-0.05, 0) is 49.1 Å². The van der Waals surface area contributed by atoms with Crippen molar-refractivity contribution in [2.45, 2.75) is 37.9 Å². The van der Waals surface area contributed by atoms with Crippen LogP contribution >= 0.6 is 23.2 Å². The fraction of sp³-hybridized carbons (Fsp3) is 0.417. The Morgan fingerprint density at radius 1 is 0.938 bits per heavy atom. The van der Waals surface area contributed by atoms with Crippen LogP contribution in [0.15, 0.2) is 42.5 Å². The van der Waals surface area contributed by atoms with Crippen LogP contribution < -0.4 is 5.32 Å². The second kappa shape index (κ2) is 8.93. The number of carbonyl (C=O) groups excluding carboxylic acids is 2. The fourth-order valence-electron chi connectivity index (χ4n) is 5.12. The summed E-state index contributed by atoms with van der Waals surface area (Å²) >= 11 is 12.1. The van der Waals surface area contributed by atoms with Gasteiger partial charge in [0.2, 0.25) is 0 Å². The zero-order valence-corrected chi connectivity index (χ0v) is 19.3. The number of benzene rings is 2. The minimum Gasteiger partial charge on any atom is -0.337 e.